The summed E-state index contributed by atoms with van der Waals surface area (Å²) in [4.78, 5) is 32.3. The number of nitrogens with zero attached hydrogens (tertiary/aromatic N) is 3. The number of likely N-dealkylation sites (tertiary alicyclic amines) is 1. The number of amides is 1. The van der Waals surface area contributed by atoms with Crippen molar-refractivity contribution >= 4 is 11.6 Å². The summed E-state index contributed by atoms with van der Waals surface area (Å²) in [5, 5.41) is 6.09. The van der Waals surface area contributed by atoms with E-state index in [9.17, 15) is 9.59 Å². The van der Waals surface area contributed by atoms with Gasteiger partial charge < -0.3 is 10.2 Å². The first-order chi connectivity index (χ1) is 15.5. The summed E-state index contributed by atoms with van der Waals surface area (Å²) in [6, 6.07) is 2.03. The number of aryl methyl sites for hydroxylation is 1. The third-order valence-corrected chi connectivity index (χ3v) is 6.82. The molecule has 32 heavy (non-hydrogen) atoms. The Balaban J connectivity index is 1.47. The third kappa shape index (κ3) is 5.21. The Labute approximate surface area is 189 Å². The molecule has 2 aliphatic rings. The number of aromatic amines is 1. The monoisotopic (exact) mass is 437 g/mol. The first-order valence-corrected chi connectivity index (χ1v) is 11.9. The van der Waals surface area contributed by atoms with Crippen molar-refractivity contribution in [3.63, 3.8) is 0 Å². The van der Waals surface area contributed by atoms with E-state index in [0.29, 0.717) is 35.8 Å². The highest BCUT2D eigenvalue weighted by Crippen LogP contribution is 2.28. The lowest BCUT2D eigenvalue weighted by atomic mass is 9.90. The van der Waals surface area contributed by atoms with Gasteiger partial charge in [-0.15, -0.1) is 6.58 Å². The molecule has 2 atom stereocenters. The van der Waals surface area contributed by atoms with Crippen LogP contribution >= 0.6 is 0 Å². The molecule has 0 bridgehead atoms. The summed E-state index contributed by atoms with van der Waals surface area (Å²) in [5.41, 5.74) is 2.95. The molecule has 0 saturated carbocycles. The number of H-pyrrole nitrogens is 1. The van der Waals surface area contributed by atoms with Crippen LogP contribution in [0.5, 0.6) is 0 Å². The molecule has 0 unspecified atom stereocenters. The molecule has 1 aliphatic carbocycles. The average Bonchev–Trinajstić information content (AvgIpc) is 3.22. The lowest BCUT2D eigenvalue weighted by Gasteiger charge is -2.35. The van der Waals surface area contributed by atoms with Gasteiger partial charge in [-0.25, -0.2) is 9.50 Å². The van der Waals surface area contributed by atoms with Crippen molar-refractivity contribution in [3.05, 3.63) is 58.2 Å². The molecular formula is C25H35N5O2. The highest BCUT2D eigenvalue weighted by Gasteiger charge is 2.25. The molecule has 7 heteroatoms. The fourth-order valence-corrected chi connectivity index (χ4v) is 5.06. The van der Waals surface area contributed by atoms with Crippen molar-refractivity contribution in [1.29, 1.82) is 0 Å². The van der Waals surface area contributed by atoms with Crippen LogP contribution in [0.15, 0.2) is 35.7 Å². The summed E-state index contributed by atoms with van der Waals surface area (Å²) in [7, 11) is 0. The van der Waals surface area contributed by atoms with E-state index >= 15 is 0 Å². The second-order valence-electron chi connectivity index (χ2n) is 9.23. The van der Waals surface area contributed by atoms with E-state index in [0.717, 1.165) is 37.7 Å². The minimum atomic E-state index is -0.100. The van der Waals surface area contributed by atoms with Gasteiger partial charge >= 0.3 is 0 Å². The highest BCUT2D eigenvalue weighted by molar-refractivity contribution is 5.76. The van der Waals surface area contributed by atoms with E-state index < -0.39 is 0 Å². The van der Waals surface area contributed by atoms with E-state index in [4.69, 9.17) is 0 Å². The second-order valence-corrected chi connectivity index (χ2v) is 9.23. The number of hydrogen-bond donors (Lipinski definition) is 2. The molecule has 2 aromatic heterocycles. The van der Waals surface area contributed by atoms with Gasteiger partial charge in [-0.3, -0.25) is 14.7 Å². The van der Waals surface area contributed by atoms with Gasteiger partial charge in [0.2, 0.25) is 5.91 Å². The Bertz CT molecular complexity index is 1050. The van der Waals surface area contributed by atoms with Gasteiger partial charge in [-0.2, -0.15) is 0 Å². The zero-order valence-corrected chi connectivity index (χ0v) is 19.1. The van der Waals surface area contributed by atoms with Crippen molar-refractivity contribution in [2.75, 3.05) is 26.2 Å². The largest absolute Gasteiger partial charge is 0.353 e. The minimum Gasteiger partial charge on any atom is -0.353 e. The Morgan fingerprint density at radius 1 is 1.38 bits per heavy atom. The van der Waals surface area contributed by atoms with E-state index in [1.54, 1.807) is 10.6 Å². The number of hydrogen-bond acceptors (Lipinski definition) is 4. The zero-order valence-electron chi connectivity index (χ0n) is 19.1. The maximum atomic E-state index is 13.1. The molecule has 2 aromatic rings. The maximum Gasteiger partial charge on any atom is 0.276 e. The van der Waals surface area contributed by atoms with Gasteiger partial charge in [-0.1, -0.05) is 18.2 Å². The lowest BCUT2D eigenvalue weighted by molar-refractivity contribution is -0.120. The molecule has 1 aliphatic heterocycles. The Morgan fingerprint density at radius 3 is 3.03 bits per heavy atom. The Kier molecular flexibility index (Phi) is 7.25. The van der Waals surface area contributed by atoms with Crippen LogP contribution in [0.3, 0.4) is 0 Å². The molecular weight excluding hydrogens is 402 g/mol. The quantitative estimate of drug-likeness (QED) is 0.622. The Hall–Kier alpha value is -2.67. The number of carbonyl (C=O) groups excluding carboxylic acids is 1. The van der Waals surface area contributed by atoms with Gasteiger partial charge in [-0.05, 0) is 57.9 Å². The number of rotatable bonds is 8. The summed E-state index contributed by atoms with van der Waals surface area (Å²) in [6.07, 6.45) is 12.9. The summed E-state index contributed by atoms with van der Waals surface area (Å²) in [6.45, 7) is 9.23. The molecule has 0 spiro atoms. The molecule has 172 valence electrons. The lowest BCUT2D eigenvalue weighted by Crippen LogP contribution is -2.38. The fourth-order valence-electron chi connectivity index (χ4n) is 5.06. The van der Waals surface area contributed by atoms with Gasteiger partial charge in [0.1, 0.15) is 0 Å². The number of carbonyl (C=O) groups is 1. The molecule has 1 saturated heterocycles. The first-order valence-electron chi connectivity index (χ1n) is 11.9. The van der Waals surface area contributed by atoms with Crippen molar-refractivity contribution in [2.24, 2.45) is 5.92 Å². The second kappa shape index (κ2) is 10.3. The number of piperidine rings is 1. The van der Waals surface area contributed by atoms with Crippen LogP contribution < -0.4 is 10.9 Å². The minimum absolute atomic E-state index is 0.0864. The molecule has 1 fully saturated rings. The van der Waals surface area contributed by atoms with Crippen LogP contribution in [0, 0.1) is 12.8 Å². The zero-order chi connectivity index (χ0) is 22.5. The fraction of sp³-hybridized carbons (Fsp3) is 0.560. The predicted octanol–water partition coefficient (Wildman–Crippen LogP) is 3.10. The smallest absolute Gasteiger partial charge is 0.276 e. The van der Waals surface area contributed by atoms with E-state index in [1.807, 2.05) is 13.0 Å². The first kappa shape index (κ1) is 22.5. The van der Waals surface area contributed by atoms with Gasteiger partial charge in [0.25, 0.3) is 5.56 Å². The Morgan fingerprint density at radius 2 is 2.25 bits per heavy atom. The molecule has 0 aromatic carbocycles. The SMILES string of the molecule is C=CCNC(=O)CCc1c(C)nc2cc([C@H]3CCCN(C[C@@H]4CC=CCC4)C3)[nH]n2c1=O. The van der Waals surface area contributed by atoms with Crippen molar-refractivity contribution in [3.8, 4) is 0 Å². The van der Waals surface area contributed by atoms with E-state index in [2.05, 4.69) is 39.0 Å². The molecule has 1 amide bonds. The van der Waals surface area contributed by atoms with Crippen molar-refractivity contribution in [1.82, 2.24) is 24.8 Å². The number of aromatic nitrogens is 3. The van der Waals surface area contributed by atoms with Crippen LogP contribution in [0.4, 0.5) is 0 Å². The summed E-state index contributed by atoms with van der Waals surface area (Å²) < 4.78 is 1.56. The van der Waals surface area contributed by atoms with E-state index in [1.165, 1.54) is 25.7 Å². The third-order valence-electron chi connectivity index (χ3n) is 6.82. The molecule has 7 nitrogen and oxygen atoms in total. The molecule has 3 heterocycles. The van der Waals surface area contributed by atoms with Gasteiger partial charge in [0, 0.05) is 55.0 Å². The standard InChI is InChI=1S/C25H35N5O2/c1-3-13-26-24(31)12-11-21-18(2)27-23-15-22(28-30(23)25(21)32)20-10-7-14-29(17-20)16-19-8-5-4-6-9-19/h3-5,15,19-20,28H,1,6-14,16-17H2,2H3,(H,26,31)/t19-,20+/m1/s1. The normalized spacial score (nSPS) is 21.7. The van der Waals surface area contributed by atoms with Crippen LogP contribution in [0.2, 0.25) is 0 Å². The average molecular weight is 438 g/mol. The summed E-state index contributed by atoms with van der Waals surface area (Å²) >= 11 is 0. The molecule has 2 N–H and O–H groups in total. The number of fused-ring (bicyclic) bond motifs is 1. The van der Waals surface area contributed by atoms with Gasteiger partial charge in [0.05, 0.1) is 0 Å². The highest BCUT2D eigenvalue weighted by atomic mass is 16.1. The predicted molar refractivity (Wildman–Crippen MR) is 127 cm³/mol. The van der Waals surface area contributed by atoms with Crippen LogP contribution in [-0.4, -0.2) is 51.6 Å². The summed E-state index contributed by atoms with van der Waals surface area (Å²) in [5.74, 6) is 1.06. The number of allylic oxidation sites excluding steroid dienone is 2. The van der Waals surface area contributed by atoms with Crippen molar-refractivity contribution < 1.29 is 4.79 Å². The molecule has 4 rings (SSSR count). The van der Waals surface area contributed by atoms with Crippen LogP contribution in [-0.2, 0) is 11.2 Å². The van der Waals surface area contributed by atoms with Crippen molar-refractivity contribution in [2.45, 2.75) is 57.8 Å². The molecule has 0 radical (unpaired) electrons. The van der Waals surface area contributed by atoms with Gasteiger partial charge in [0.15, 0.2) is 5.65 Å². The number of nitrogens with one attached hydrogen (secondary N) is 2. The van der Waals surface area contributed by atoms with E-state index in [-0.39, 0.29) is 17.9 Å². The maximum absolute atomic E-state index is 13.1. The van der Waals surface area contributed by atoms with Crippen LogP contribution in [0.25, 0.3) is 5.65 Å². The van der Waals surface area contributed by atoms with Crippen LogP contribution in [0.1, 0.15) is 61.4 Å². The topological polar surface area (TPSA) is 82.5 Å².